The second-order valence-corrected chi connectivity index (χ2v) is 3.79. The highest BCUT2D eigenvalue weighted by molar-refractivity contribution is 5.69. The van der Waals surface area contributed by atoms with Crippen molar-refractivity contribution < 1.29 is 13.9 Å². The molecule has 0 saturated heterocycles. The molecule has 1 aromatic rings. The van der Waals surface area contributed by atoms with Gasteiger partial charge in [-0.15, -0.1) is 0 Å². The highest BCUT2D eigenvalue weighted by Gasteiger charge is 2.08. The van der Waals surface area contributed by atoms with Crippen molar-refractivity contribution in [3.8, 4) is 0 Å². The Balaban J connectivity index is 2.57. The van der Waals surface area contributed by atoms with Gasteiger partial charge in [-0.05, 0) is 6.42 Å². The van der Waals surface area contributed by atoms with Crippen LogP contribution < -0.4 is 11.2 Å². The van der Waals surface area contributed by atoms with Crippen molar-refractivity contribution in [3.05, 3.63) is 32.9 Å². The number of H-pyrrole nitrogens is 1. The Morgan fingerprint density at radius 2 is 2.17 bits per heavy atom. The quantitative estimate of drug-likeness (QED) is 0.592. The fourth-order valence-electron chi connectivity index (χ4n) is 1.32. The number of hydrogen-bond acceptors (Lipinski definition) is 4. The maximum Gasteiger partial charge on any atom is 0.329 e. The molecule has 0 aromatic carbocycles. The Bertz CT molecular complexity index is 521. The summed E-state index contributed by atoms with van der Waals surface area (Å²) in [5.74, 6) is -1.76. The van der Waals surface area contributed by atoms with E-state index in [9.17, 15) is 18.8 Å². The van der Waals surface area contributed by atoms with Crippen LogP contribution in [0.5, 0.6) is 0 Å². The minimum absolute atomic E-state index is 0.271. The van der Waals surface area contributed by atoms with E-state index in [4.69, 9.17) is 4.74 Å². The minimum atomic E-state index is -1.12. The summed E-state index contributed by atoms with van der Waals surface area (Å²) in [7, 11) is 0. The number of hydrogen-bond donors (Lipinski definition) is 1. The van der Waals surface area contributed by atoms with Gasteiger partial charge < -0.3 is 4.74 Å². The van der Waals surface area contributed by atoms with E-state index in [0.29, 0.717) is 6.20 Å². The maximum atomic E-state index is 12.9. The molecule has 6 nitrogen and oxygen atoms in total. The van der Waals surface area contributed by atoms with E-state index in [2.05, 4.69) is 0 Å². The number of nitrogens with zero attached hydrogens (tertiary/aromatic N) is 1. The molecular weight excluding hydrogens is 243 g/mol. The standard InChI is InChI=1S/C11H15FN2O4/c1-2-3-4-5-18-9(15)7-14-6-8(12)10(16)13-11(14)17/h6H,2-5,7H2,1H3,(H,13,16,17). The number of unbranched alkanes of at least 4 members (excludes halogenated alkanes) is 2. The first kappa shape index (κ1) is 14.1. The van der Waals surface area contributed by atoms with Crippen molar-refractivity contribution in [2.75, 3.05) is 6.61 Å². The van der Waals surface area contributed by atoms with Crippen molar-refractivity contribution in [2.45, 2.75) is 32.7 Å². The van der Waals surface area contributed by atoms with Crippen LogP contribution in [0.4, 0.5) is 4.39 Å². The van der Waals surface area contributed by atoms with E-state index < -0.39 is 29.6 Å². The Kier molecular flexibility index (Phi) is 5.29. The average molecular weight is 258 g/mol. The third-order valence-electron chi connectivity index (χ3n) is 2.28. The van der Waals surface area contributed by atoms with Gasteiger partial charge in [0.25, 0.3) is 5.56 Å². The molecule has 1 N–H and O–H groups in total. The zero-order valence-corrected chi connectivity index (χ0v) is 10.1. The molecular formula is C11H15FN2O4. The summed E-state index contributed by atoms with van der Waals surface area (Å²) in [5.41, 5.74) is -1.94. The summed E-state index contributed by atoms with van der Waals surface area (Å²) >= 11 is 0. The van der Waals surface area contributed by atoms with Crippen LogP contribution in [0.1, 0.15) is 26.2 Å². The summed E-state index contributed by atoms with van der Waals surface area (Å²) in [6, 6.07) is 0. The van der Waals surface area contributed by atoms with Gasteiger partial charge in [0.1, 0.15) is 6.54 Å². The fourth-order valence-corrected chi connectivity index (χ4v) is 1.32. The smallest absolute Gasteiger partial charge is 0.329 e. The number of aromatic nitrogens is 2. The predicted molar refractivity (Wildman–Crippen MR) is 61.8 cm³/mol. The number of halogens is 1. The summed E-state index contributed by atoms with van der Waals surface area (Å²) < 4.78 is 18.5. The molecule has 0 fully saturated rings. The minimum Gasteiger partial charge on any atom is -0.464 e. The van der Waals surface area contributed by atoms with Gasteiger partial charge in [0, 0.05) is 0 Å². The van der Waals surface area contributed by atoms with Crippen LogP contribution in [0.15, 0.2) is 15.8 Å². The first-order chi connectivity index (χ1) is 8.54. The molecule has 0 atom stereocenters. The lowest BCUT2D eigenvalue weighted by Crippen LogP contribution is -2.33. The van der Waals surface area contributed by atoms with E-state index in [-0.39, 0.29) is 6.61 Å². The lowest BCUT2D eigenvalue weighted by molar-refractivity contribution is -0.144. The van der Waals surface area contributed by atoms with E-state index in [1.807, 2.05) is 6.92 Å². The molecule has 0 aliphatic rings. The number of nitrogens with one attached hydrogen (secondary N) is 1. The van der Waals surface area contributed by atoms with Crippen molar-refractivity contribution in [3.63, 3.8) is 0 Å². The molecule has 0 aliphatic heterocycles. The summed E-state index contributed by atoms with van der Waals surface area (Å²) in [6.07, 6.45) is 3.38. The predicted octanol–water partition coefficient (Wildman–Crippen LogP) is 0.409. The molecule has 0 unspecified atom stereocenters. The number of aromatic amines is 1. The monoisotopic (exact) mass is 258 g/mol. The van der Waals surface area contributed by atoms with Gasteiger partial charge in [0.2, 0.25) is 5.82 Å². The van der Waals surface area contributed by atoms with E-state index in [1.165, 1.54) is 0 Å². The Labute approximate surface area is 102 Å². The second kappa shape index (κ2) is 6.73. The van der Waals surface area contributed by atoms with Gasteiger partial charge in [0.15, 0.2) is 0 Å². The molecule has 0 saturated carbocycles. The molecule has 7 heteroatoms. The highest BCUT2D eigenvalue weighted by Crippen LogP contribution is 1.95. The SMILES string of the molecule is CCCCCOC(=O)Cn1cc(F)c(=O)[nH]c1=O. The third-order valence-corrected chi connectivity index (χ3v) is 2.28. The summed E-state index contributed by atoms with van der Waals surface area (Å²) in [5, 5.41) is 0. The molecule has 100 valence electrons. The van der Waals surface area contributed by atoms with Gasteiger partial charge in [-0.3, -0.25) is 19.1 Å². The summed E-state index contributed by atoms with van der Waals surface area (Å²) in [4.78, 5) is 35.1. The topological polar surface area (TPSA) is 81.2 Å². The number of carbonyl (C=O) groups excluding carboxylic acids is 1. The van der Waals surface area contributed by atoms with Gasteiger partial charge in [-0.25, -0.2) is 4.79 Å². The van der Waals surface area contributed by atoms with Crippen LogP contribution in [0.25, 0.3) is 0 Å². The third kappa shape index (κ3) is 4.15. The first-order valence-electron chi connectivity index (χ1n) is 5.69. The fraction of sp³-hybridized carbons (Fsp3) is 0.545. The molecule has 1 aromatic heterocycles. The number of ether oxygens (including phenoxy) is 1. The van der Waals surface area contributed by atoms with Crippen LogP contribution in [0.3, 0.4) is 0 Å². The van der Waals surface area contributed by atoms with Crippen molar-refractivity contribution in [1.82, 2.24) is 9.55 Å². The number of carbonyl (C=O) groups is 1. The van der Waals surface area contributed by atoms with Gasteiger partial charge in [0.05, 0.1) is 12.8 Å². The molecule has 18 heavy (non-hydrogen) atoms. The maximum absolute atomic E-state index is 12.9. The van der Waals surface area contributed by atoms with Crippen LogP contribution in [-0.4, -0.2) is 22.1 Å². The zero-order chi connectivity index (χ0) is 13.5. The number of rotatable bonds is 6. The average Bonchev–Trinajstić information content (AvgIpc) is 2.32. The molecule has 0 aliphatic carbocycles. The Morgan fingerprint density at radius 3 is 2.83 bits per heavy atom. The van der Waals surface area contributed by atoms with Gasteiger partial charge >= 0.3 is 11.7 Å². The highest BCUT2D eigenvalue weighted by atomic mass is 19.1. The largest absolute Gasteiger partial charge is 0.464 e. The van der Waals surface area contributed by atoms with Crippen LogP contribution in [-0.2, 0) is 16.1 Å². The van der Waals surface area contributed by atoms with Crippen molar-refractivity contribution in [1.29, 1.82) is 0 Å². The molecule has 1 heterocycles. The van der Waals surface area contributed by atoms with Crippen LogP contribution in [0, 0.1) is 5.82 Å². The van der Waals surface area contributed by atoms with Crippen LogP contribution in [0.2, 0.25) is 0 Å². The normalized spacial score (nSPS) is 10.3. The lowest BCUT2D eigenvalue weighted by atomic mass is 10.3. The summed E-state index contributed by atoms with van der Waals surface area (Å²) in [6.45, 7) is 1.87. The van der Waals surface area contributed by atoms with Crippen molar-refractivity contribution >= 4 is 5.97 Å². The lowest BCUT2D eigenvalue weighted by Gasteiger charge is -2.06. The number of esters is 1. The van der Waals surface area contributed by atoms with Gasteiger partial charge in [-0.2, -0.15) is 4.39 Å². The van der Waals surface area contributed by atoms with E-state index in [1.54, 1.807) is 4.98 Å². The second-order valence-electron chi connectivity index (χ2n) is 3.79. The molecule has 0 amide bonds. The first-order valence-corrected chi connectivity index (χ1v) is 5.69. The van der Waals surface area contributed by atoms with E-state index in [0.717, 1.165) is 23.8 Å². The van der Waals surface area contributed by atoms with E-state index >= 15 is 0 Å². The molecule has 1 rings (SSSR count). The van der Waals surface area contributed by atoms with Crippen molar-refractivity contribution in [2.24, 2.45) is 0 Å². The zero-order valence-electron chi connectivity index (χ0n) is 10.1. The van der Waals surface area contributed by atoms with Crippen LogP contribution >= 0.6 is 0 Å². The Morgan fingerprint density at radius 1 is 1.44 bits per heavy atom. The molecule has 0 bridgehead atoms. The van der Waals surface area contributed by atoms with Gasteiger partial charge in [-0.1, -0.05) is 19.8 Å². The molecule has 0 spiro atoms. The Hall–Kier alpha value is -1.92. The molecule has 0 radical (unpaired) electrons.